The largest absolute Gasteiger partial charge is 0.497 e. The predicted octanol–water partition coefficient (Wildman–Crippen LogP) is 3.55. The van der Waals surface area contributed by atoms with Gasteiger partial charge in [0.2, 0.25) is 5.91 Å². The Morgan fingerprint density at radius 3 is 1.77 bits per heavy atom. The van der Waals surface area contributed by atoms with Crippen LogP contribution in [0.15, 0.2) is 66.9 Å². The lowest BCUT2D eigenvalue weighted by molar-refractivity contribution is -0.114. The van der Waals surface area contributed by atoms with Gasteiger partial charge >= 0.3 is 0 Å². The summed E-state index contributed by atoms with van der Waals surface area (Å²) in [5.41, 5.74) is 2.29. The third-order valence-corrected chi connectivity index (χ3v) is 4.07. The lowest BCUT2D eigenvalue weighted by atomic mass is 10.2. The Kier molecular flexibility index (Phi) is 6.39. The minimum absolute atomic E-state index is 0.172. The van der Waals surface area contributed by atoms with Crippen molar-refractivity contribution in [1.29, 1.82) is 0 Å². The van der Waals surface area contributed by atoms with Gasteiger partial charge in [-0.05, 0) is 60.7 Å². The normalized spacial score (nSPS) is 10.1. The van der Waals surface area contributed by atoms with Crippen molar-refractivity contribution >= 4 is 34.8 Å². The van der Waals surface area contributed by atoms with E-state index in [0.717, 1.165) is 0 Å². The molecule has 30 heavy (non-hydrogen) atoms. The molecule has 3 amide bonds. The first-order chi connectivity index (χ1) is 14.4. The quantitative estimate of drug-likeness (QED) is 0.582. The zero-order valence-electron chi connectivity index (χ0n) is 16.4. The Morgan fingerprint density at radius 1 is 0.733 bits per heavy atom. The molecule has 0 fully saturated rings. The van der Waals surface area contributed by atoms with Gasteiger partial charge in [0.25, 0.3) is 11.8 Å². The van der Waals surface area contributed by atoms with Gasteiger partial charge in [-0.25, -0.2) is 0 Å². The number of amides is 3. The van der Waals surface area contributed by atoms with E-state index < -0.39 is 0 Å². The summed E-state index contributed by atoms with van der Waals surface area (Å²) >= 11 is 0. The molecule has 0 unspecified atom stereocenters. The van der Waals surface area contributed by atoms with Gasteiger partial charge in [0.1, 0.15) is 11.4 Å². The van der Waals surface area contributed by atoms with Crippen LogP contribution in [0.25, 0.3) is 0 Å². The maximum absolute atomic E-state index is 12.4. The maximum Gasteiger partial charge on any atom is 0.274 e. The van der Waals surface area contributed by atoms with Crippen LogP contribution in [0.2, 0.25) is 0 Å². The molecule has 0 aliphatic rings. The van der Waals surface area contributed by atoms with Crippen LogP contribution in [0.3, 0.4) is 0 Å². The van der Waals surface area contributed by atoms with Gasteiger partial charge in [-0.2, -0.15) is 0 Å². The fraction of sp³-hybridized carbons (Fsp3) is 0.0909. The van der Waals surface area contributed by atoms with Crippen molar-refractivity contribution in [2.75, 3.05) is 23.1 Å². The molecule has 0 spiro atoms. The first kappa shape index (κ1) is 20.5. The number of carbonyl (C=O) groups is 3. The van der Waals surface area contributed by atoms with E-state index in [1.165, 1.54) is 25.3 Å². The standard InChI is InChI=1S/C22H20N4O4/c1-14(27)24-16-4-6-17(7-5-16)25-21(28)15-3-12-20(23-13-15)22(29)26-18-8-10-19(30-2)11-9-18/h3-13H,1-2H3,(H,24,27)(H,25,28)(H,26,29). The second-order valence-electron chi connectivity index (χ2n) is 6.33. The van der Waals surface area contributed by atoms with Crippen LogP contribution in [0, 0.1) is 0 Å². The number of methoxy groups -OCH3 is 1. The molecule has 3 rings (SSSR count). The fourth-order valence-electron chi connectivity index (χ4n) is 2.58. The van der Waals surface area contributed by atoms with E-state index >= 15 is 0 Å². The van der Waals surface area contributed by atoms with Gasteiger partial charge in [-0.1, -0.05) is 0 Å². The number of hydrogen-bond acceptors (Lipinski definition) is 5. The van der Waals surface area contributed by atoms with Gasteiger partial charge in [0.15, 0.2) is 0 Å². The Labute approximate surface area is 173 Å². The summed E-state index contributed by atoms with van der Waals surface area (Å²) in [4.78, 5) is 39.8. The number of ether oxygens (including phenoxy) is 1. The van der Waals surface area contributed by atoms with Crippen molar-refractivity contribution in [3.8, 4) is 5.75 Å². The third kappa shape index (κ3) is 5.41. The number of rotatable bonds is 6. The summed E-state index contributed by atoms with van der Waals surface area (Å²) in [6.45, 7) is 1.42. The first-order valence-electron chi connectivity index (χ1n) is 9.05. The number of benzene rings is 2. The van der Waals surface area contributed by atoms with Gasteiger partial charge in [0, 0.05) is 30.2 Å². The average molecular weight is 404 g/mol. The van der Waals surface area contributed by atoms with Crippen molar-refractivity contribution in [2.45, 2.75) is 6.92 Å². The summed E-state index contributed by atoms with van der Waals surface area (Å²) in [6, 6.07) is 16.6. The fourth-order valence-corrected chi connectivity index (χ4v) is 2.58. The molecule has 2 aromatic carbocycles. The molecule has 0 atom stereocenters. The summed E-state index contributed by atoms with van der Waals surface area (Å²) in [6.07, 6.45) is 1.34. The maximum atomic E-state index is 12.4. The summed E-state index contributed by atoms with van der Waals surface area (Å²) in [7, 11) is 1.57. The lowest BCUT2D eigenvalue weighted by Gasteiger charge is -2.08. The van der Waals surface area contributed by atoms with Gasteiger partial charge < -0.3 is 20.7 Å². The zero-order chi connectivity index (χ0) is 21.5. The van der Waals surface area contributed by atoms with Crippen molar-refractivity contribution in [1.82, 2.24) is 4.98 Å². The molecule has 0 aliphatic heterocycles. The molecule has 8 heteroatoms. The minimum atomic E-state index is -0.388. The summed E-state index contributed by atoms with van der Waals surface area (Å²) in [5, 5.41) is 8.11. The predicted molar refractivity (Wildman–Crippen MR) is 114 cm³/mol. The van der Waals surface area contributed by atoms with E-state index in [0.29, 0.717) is 28.4 Å². The average Bonchev–Trinajstić information content (AvgIpc) is 2.75. The number of aromatic nitrogens is 1. The van der Waals surface area contributed by atoms with Crippen LogP contribution in [-0.4, -0.2) is 29.8 Å². The van der Waals surface area contributed by atoms with Crippen LogP contribution in [0.1, 0.15) is 27.8 Å². The van der Waals surface area contributed by atoms with Crippen LogP contribution >= 0.6 is 0 Å². The Bertz CT molecular complexity index is 1050. The second kappa shape index (κ2) is 9.33. The monoisotopic (exact) mass is 404 g/mol. The Balaban J connectivity index is 1.60. The molecular formula is C22H20N4O4. The van der Waals surface area contributed by atoms with E-state index in [1.54, 1.807) is 55.6 Å². The van der Waals surface area contributed by atoms with Crippen molar-refractivity contribution in [2.24, 2.45) is 0 Å². The third-order valence-electron chi connectivity index (χ3n) is 4.07. The SMILES string of the molecule is COc1ccc(NC(=O)c2ccc(C(=O)Nc3ccc(NC(C)=O)cc3)cn2)cc1. The Hall–Kier alpha value is -4.20. The topological polar surface area (TPSA) is 109 Å². The smallest absolute Gasteiger partial charge is 0.274 e. The van der Waals surface area contributed by atoms with Crippen LogP contribution in [0.5, 0.6) is 5.75 Å². The molecular weight excluding hydrogens is 384 g/mol. The van der Waals surface area contributed by atoms with Crippen molar-refractivity contribution in [3.63, 3.8) is 0 Å². The van der Waals surface area contributed by atoms with Gasteiger partial charge in [-0.15, -0.1) is 0 Å². The van der Waals surface area contributed by atoms with Gasteiger partial charge in [-0.3, -0.25) is 19.4 Å². The molecule has 1 aromatic heterocycles. The molecule has 3 N–H and O–H groups in total. The van der Waals surface area contributed by atoms with Crippen LogP contribution in [0.4, 0.5) is 17.1 Å². The summed E-state index contributed by atoms with van der Waals surface area (Å²) < 4.78 is 5.08. The lowest BCUT2D eigenvalue weighted by Crippen LogP contribution is -2.16. The second-order valence-corrected chi connectivity index (χ2v) is 6.33. The highest BCUT2D eigenvalue weighted by atomic mass is 16.5. The number of pyridine rings is 1. The zero-order valence-corrected chi connectivity index (χ0v) is 16.4. The minimum Gasteiger partial charge on any atom is -0.497 e. The van der Waals surface area contributed by atoms with E-state index in [9.17, 15) is 14.4 Å². The molecule has 0 saturated carbocycles. The van der Waals surface area contributed by atoms with Crippen molar-refractivity contribution < 1.29 is 19.1 Å². The molecule has 0 aliphatic carbocycles. The molecule has 0 radical (unpaired) electrons. The van der Waals surface area contributed by atoms with E-state index in [4.69, 9.17) is 4.74 Å². The Morgan fingerprint density at radius 2 is 1.27 bits per heavy atom. The van der Waals surface area contributed by atoms with Crippen LogP contribution < -0.4 is 20.7 Å². The molecule has 8 nitrogen and oxygen atoms in total. The number of carbonyl (C=O) groups excluding carboxylic acids is 3. The van der Waals surface area contributed by atoms with E-state index in [1.807, 2.05) is 0 Å². The molecule has 0 saturated heterocycles. The van der Waals surface area contributed by atoms with Gasteiger partial charge in [0.05, 0.1) is 12.7 Å². The molecule has 152 valence electrons. The summed E-state index contributed by atoms with van der Waals surface area (Å²) in [5.74, 6) is -0.238. The number of nitrogens with zero attached hydrogens (tertiary/aromatic N) is 1. The van der Waals surface area contributed by atoms with Crippen LogP contribution in [-0.2, 0) is 4.79 Å². The highest BCUT2D eigenvalue weighted by molar-refractivity contribution is 6.06. The van der Waals surface area contributed by atoms with E-state index in [-0.39, 0.29) is 23.4 Å². The highest BCUT2D eigenvalue weighted by Gasteiger charge is 2.11. The van der Waals surface area contributed by atoms with Crippen molar-refractivity contribution in [3.05, 3.63) is 78.1 Å². The number of nitrogens with one attached hydrogen (secondary N) is 3. The molecule has 0 bridgehead atoms. The number of anilines is 3. The number of hydrogen-bond donors (Lipinski definition) is 3. The van der Waals surface area contributed by atoms with E-state index in [2.05, 4.69) is 20.9 Å². The highest BCUT2D eigenvalue weighted by Crippen LogP contribution is 2.17. The molecule has 1 heterocycles. The molecule has 3 aromatic rings. The first-order valence-corrected chi connectivity index (χ1v) is 9.05.